The lowest BCUT2D eigenvalue weighted by atomic mass is 10.2. The lowest BCUT2D eigenvalue weighted by Gasteiger charge is -2.25. The third-order valence-electron chi connectivity index (χ3n) is 4.57. The van der Waals surface area contributed by atoms with Crippen LogP contribution in [-0.2, 0) is 21.0 Å². The molecular formula is C22H17ClF4N2O3S. The SMILES string of the molecule is Cc1ccc(S(=O)(=O)N(CC(=O)Nc2ccc(F)cc2)c2ccc(Cl)c(C(F)(F)F)c2)cc1. The number of aryl methyl sites for hydroxylation is 1. The number of amides is 1. The van der Waals surface area contributed by atoms with Crippen molar-refractivity contribution in [2.75, 3.05) is 16.2 Å². The van der Waals surface area contributed by atoms with Gasteiger partial charge in [0.05, 0.1) is 21.2 Å². The first-order valence-corrected chi connectivity index (χ1v) is 11.2. The summed E-state index contributed by atoms with van der Waals surface area (Å²) >= 11 is 5.66. The Morgan fingerprint density at radius 1 is 1.00 bits per heavy atom. The van der Waals surface area contributed by atoms with Crippen LogP contribution in [0.3, 0.4) is 0 Å². The second-order valence-corrected chi connectivity index (χ2v) is 9.31. The Hall–Kier alpha value is -3.11. The van der Waals surface area contributed by atoms with Crippen molar-refractivity contribution < 1.29 is 30.8 Å². The molecule has 3 aromatic rings. The fourth-order valence-corrected chi connectivity index (χ4v) is 4.54. The molecule has 0 radical (unpaired) electrons. The molecular weight excluding hydrogens is 484 g/mol. The highest BCUT2D eigenvalue weighted by Gasteiger charge is 2.35. The first kappa shape index (κ1) is 24.5. The Bertz CT molecular complexity index is 1260. The van der Waals surface area contributed by atoms with E-state index in [0.29, 0.717) is 10.4 Å². The summed E-state index contributed by atoms with van der Waals surface area (Å²) in [6, 6.07) is 12.9. The highest BCUT2D eigenvalue weighted by molar-refractivity contribution is 7.92. The number of nitrogens with zero attached hydrogens (tertiary/aromatic N) is 1. The van der Waals surface area contributed by atoms with Gasteiger partial charge in [0.15, 0.2) is 0 Å². The van der Waals surface area contributed by atoms with Gasteiger partial charge in [-0.2, -0.15) is 13.2 Å². The van der Waals surface area contributed by atoms with Crippen molar-refractivity contribution in [2.24, 2.45) is 0 Å². The molecule has 0 aliphatic rings. The Kier molecular flexibility index (Phi) is 6.99. The van der Waals surface area contributed by atoms with E-state index >= 15 is 0 Å². The molecule has 0 aliphatic heterocycles. The van der Waals surface area contributed by atoms with Crippen molar-refractivity contribution in [3.05, 3.63) is 88.7 Å². The lowest BCUT2D eigenvalue weighted by molar-refractivity contribution is -0.137. The van der Waals surface area contributed by atoms with Gasteiger partial charge in [-0.3, -0.25) is 9.10 Å². The molecule has 0 aliphatic carbocycles. The number of hydrogen-bond donors (Lipinski definition) is 1. The third kappa shape index (κ3) is 5.82. The van der Waals surface area contributed by atoms with E-state index < -0.39 is 50.7 Å². The van der Waals surface area contributed by atoms with Crippen LogP contribution in [0.2, 0.25) is 5.02 Å². The molecule has 11 heteroatoms. The van der Waals surface area contributed by atoms with Crippen LogP contribution < -0.4 is 9.62 Å². The topological polar surface area (TPSA) is 66.5 Å². The van der Waals surface area contributed by atoms with Gasteiger partial charge in [-0.1, -0.05) is 29.3 Å². The van der Waals surface area contributed by atoms with Crippen LogP contribution in [0.15, 0.2) is 71.6 Å². The third-order valence-corrected chi connectivity index (χ3v) is 6.69. The van der Waals surface area contributed by atoms with E-state index in [9.17, 15) is 30.8 Å². The summed E-state index contributed by atoms with van der Waals surface area (Å²) in [5, 5.41) is 1.78. The molecule has 1 N–H and O–H groups in total. The number of nitrogens with one attached hydrogen (secondary N) is 1. The average molecular weight is 501 g/mol. The van der Waals surface area contributed by atoms with Crippen molar-refractivity contribution >= 4 is 38.9 Å². The normalized spacial score (nSPS) is 11.8. The zero-order chi connectivity index (χ0) is 24.4. The number of benzene rings is 3. The molecule has 0 heterocycles. The summed E-state index contributed by atoms with van der Waals surface area (Å²) in [5.41, 5.74) is -0.701. The first-order chi connectivity index (χ1) is 15.4. The zero-order valence-corrected chi connectivity index (χ0v) is 18.6. The van der Waals surface area contributed by atoms with Crippen molar-refractivity contribution in [3.63, 3.8) is 0 Å². The minimum atomic E-state index is -4.84. The van der Waals surface area contributed by atoms with E-state index in [1.165, 1.54) is 36.4 Å². The van der Waals surface area contributed by atoms with E-state index in [-0.39, 0.29) is 10.6 Å². The lowest BCUT2D eigenvalue weighted by Crippen LogP contribution is -2.38. The van der Waals surface area contributed by atoms with E-state index in [1.807, 2.05) is 0 Å². The molecule has 0 fully saturated rings. The largest absolute Gasteiger partial charge is 0.417 e. The number of carbonyl (C=O) groups excluding carboxylic acids is 1. The summed E-state index contributed by atoms with van der Waals surface area (Å²) in [4.78, 5) is 12.4. The minimum Gasteiger partial charge on any atom is -0.325 e. The maximum absolute atomic E-state index is 13.4. The summed E-state index contributed by atoms with van der Waals surface area (Å²) in [7, 11) is -4.44. The van der Waals surface area contributed by atoms with Gasteiger partial charge in [-0.05, 0) is 61.5 Å². The number of sulfonamides is 1. The molecule has 0 unspecified atom stereocenters. The molecule has 3 rings (SSSR count). The van der Waals surface area contributed by atoms with Crippen molar-refractivity contribution in [1.29, 1.82) is 0 Å². The van der Waals surface area contributed by atoms with E-state index in [1.54, 1.807) is 6.92 Å². The van der Waals surface area contributed by atoms with Gasteiger partial charge in [-0.15, -0.1) is 0 Å². The monoisotopic (exact) mass is 500 g/mol. The highest BCUT2D eigenvalue weighted by Crippen LogP contribution is 2.38. The molecule has 0 aromatic heterocycles. The van der Waals surface area contributed by atoms with Gasteiger partial charge in [0.25, 0.3) is 10.0 Å². The van der Waals surface area contributed by atoms with Crippen LogP contribution in [0.1, 0.15) is 11.1 Å². The quantitative estimate of drug-likeness (QED) is 0.445. The van der Waals surface area contributed by atoms with Crippen LogP contribution >= 0.6 is 11.6 Å². The number of carbonyl (C=O) groups is 1. The molecule has 0 saturated carbocycles. The molecule has 5 nitrogen and oxygen atoms in total. The van der Waals surface area contributed by atoms with Crippen molar-refractivity contribution in [1.82, 2.24) is 0 Å². The molecule has 0 bridgehead atoms. The van der Waals surface area contributed by atoms with Gasteiger partial charge in [-0.25, -0.2) is 12.8 Å². The smallest absolute Gasteiger partial charge is 0.325 e. The van der Waals surface area contributed by atoms with Crippen LogP contribution in [0.4, 0.5) is 28.9 Å². The van der Waals surface area contributed by atoms with Crippen LogP contribution in [0.25, 0.3) is 0 Å². The first-order valence-electron chi connectivity index (χ1n) is 9.39. The Labute approximate surface area is 192 Å². The molecule has 3 aromatic carbocycles. The Balaban J connectivity index is 2.04. The van der Waals surface area contributed by atoms with Gasteiger partial charge in [0, 0.05) is 5.69 Å². The predicted molar refractivity (Wildman–Crippen MR) is 117 cm³/mol. The van der Waals surface area contributed by atoms with Gasteiger partial charge in [0.2, 0.25) is 5.91 Å². The van der Waals surface area contributed by atoms with Crippen LogP contribution in [0.5, 0.6) is 0 Å². The van der Waals surface area contributed by atoms with E-state index in [2.05, 4.69) is 5.32 Å². The number of anilines is 2. The predicted octanol–water partition coefficient (Wildman–Crippen LogP) is 5.64. The maximum Gasteiger partial charge on any atom is 0.417 e. The zero-order valence-electron chi connectivity index (χ0n) is 17.0. The highest BCUT2D eigenvalue weighted by atomic mass is 35.5. The summed E-state index contributed by atoms with van der Waals surface area (Å²) < 4.78 is 80.4. The van der Waals surface area contributed by atoms with Crippen LogP contribution in [-0.4, -0.2) is 20.9 Å². The second kappa shape index (κ2) is 9.40. The van der Waals surface area contributed by atoms with E-state index in [0.717, 1.165) is 29.8 Å². The number of alkyl halides is 3. The molecule has 0 atom stereocenters. The van der Waals surface area contributed by atoms with Gasteiger partial charge in [0.1, 0.15) is 12.4 Å². The second-order valence-electron chi connectivity index (χ2n) is 7.04. The molecule has 0 spiro atoms. The molecule has 174 valence electrons. The number of hydrogen-bond acceptors (Lipinski definition) is 3. The van der Waals surface area contributed by atoms with E-state index in [4.69, 9.17) is 11.6 Å². The molecule has 0 saturated heterocycles. The summed E-state index contributed by atoms with van der Waals surface area (Å²) in [5.74, 6) is -1.39. The van der Waals surface area contributed by atoms with Crippen molar-refractivity contribution in [2.45, 2.75) is 18.0 Å². The Morgan fingerprint density at radius 3 is 2.18 bits per heavy atom. The number of halogens is 5. The fraction of sp³-hybridized carbons (Fsp3) is 0.136. The summed E-state index contributed by atoms with van der Waals surface area (Å²) in [6.45, 7) is 0.894. The minimum absolute atomic E-state index is 0.182. The fourth-order valence-electron chi connectivity index (χ4n) is 2.90. The Morgan fingerprint density at radius 2 is 1.61 bits per heavy atom. The van der Waals surface area contributed by atoms with Crippen molar-refractivity contribution in [3.8, 4) is 0 Å². The maximum atomic E-state index is 13.4. The standard InChI is InChI=1S/C22H17ClF4N2O3S/c1-14-2-9-18(10-3-14)33(31,32)29(13-21(30)28-16-6-4-15(24)5-7-16)17-8-11-20(23)19(12-17)22(25,26)27/h2-12H,13H2,1H3,(H,28,30). The van der Waals surface area contributed by atoms with Gasteiger partial charge >= 0.3 is 6.18 Å². The van der Waals surface area contributed by atoms with Gasteiger partial charge < -0.3 is 5.32 Å². The van der Waals surface area contributed by atoms with Crippen LogP contribution in [0, 0.1) is 12.7 Å². The molecule has 1 amide bonds. The number of rotatable bonds is 6. The average Bonchev–Trinajstić information content (AvgIpc) is 2.73. The molecule has 33 heavy (non-hydrogen) atoms. The summed E-state index contributed by atoms with van der Waals surface area (Å²) in [6.07, 6.45) is -4.84.